The summed E-state index contributed by atoms with van der Waals surface area (Å²) in [6, 6.07) is 0. The fourth-order valence-electron chi connectivity index (χ4n) is 2.16. The van der Waals surface area contributed by atoms with E-state index >= 15 is 0 Å². The Morgan fingerprint density at radius 3 is 2.48 bits per heavy atom. The van der Waals surface area contributed by atoms with Crippen LogP contribution in [0.25, 0.3) is 0 Å². The predicted octanol–water partition coefficient (Wildman–Crippen LogP) is 1.78. The summed E-state index contributed by atoms with van der Waals surface area (Å²) in [6.07, 6.45) is 3.36. The molecule has 0 spiro atoms. The van der Waals surface area contributed by atoms with Crippen molar-refractivity contribution in [2.45, 2.75) is 33.6 Å². The molecular weight excluding hydrogens is 266 g/mol. The van der Waals surface area contributed by atoms with Crippen molar-refractivity contribution in [3.8, 4) is 0 Å². The first kappa shape index (κ1) is 17.2. The second-order valence-corrected chi connectivity index (χ2v) is 5.12. The summed E-state index contributed by atoms with van der Waals surface area (Å²) in [7, 11) is 3.55. The van der Waals surface area contributed by atoms with E-state index in [4.69, 9.17) is 0 Å². The minimum absolute atomic E-state index is 0.0779. The van der Waals surface area contributed by atoms with Crippen LogP contribution in [0.15, 0.2) is 6.33 Å². The van der Waals surface area contributed by atoms with E-state index in [2.05, 4.69) is 29.1 Å². The number of anilines is 2. The van der Waals surface area contributed by atoms with E-state index in [1.54, 1.807) is 25.3 Å². The molecule has 0 radical (unpaired) electrons. The van der Waals surface area contributed by atoms with Gasteiger partial charge in [-0.15, -0.1) is 0 Å². The van der Waals surface area contributed by atoms with Gasteiger partial charge in [-0.2, -0.15) is 0 Å². The summed E-state index contributed by atoms with van der Waals surface area (Å²) in [5.74, 6) is 1.80. The first-order chi connectivity index (χ1) is 10.0. The highest BCUT2D eigenvalue weighted by atomic mass is 16.2. The lowest BCUT2D eigenvalue weighted by Crippen LogP contribution is -2.38. The summed E-state index contributed by atoms with van der Waals surface area (Å²) < 4.78 is 0. The van der Waals surface area contributed by atoms with Gasteiger partial charge in [0.15, 0.2) is 0 Å². The highest BCUT2D eigenvalue weighted by Gasteiger charge is 2.18. The lowest BCUT2D eigenvalue weighted by molar-refractivity contribution is -0.127. The molecule has 0 unspecified atom stereocenters. The summed E-state index contributed by atoms with van der Waals surface area (Å²) in [6.45, 7) is 8.19. The van der Waals surface area contributed by atoms with Crippen LogP contribution >= 0.6 is 0 Å². The van der Waals surface area contributed by atoms with Crippen LogP contribution in [0.4, 0.5) is 11.6 Å². The zero-order valence-electron chi connectivity index (χ0n) is 13.8. The number of hydrogen-bond donors (Lipinski definition) is 1. The highest BCUT2D eigenvalue weighted by molar-refractivity contribution is 5.81. The number of hydrogen-bond acceptors (Lipinski definition) is 5. The molecule has 1 amide bonds. The molecule has 1 aromatic heterocycles. The largest absolute Gasteiger partial charge is 0.370 e. The molecule has 6 heteroatoms. The van der Waals surface area contributed by atoms with E-state index in [9.17, 15) is 4.79 Å². The van der Waals surface area contributed by atoms with Gasteiger partial charge in [0.05, 0.1) is 6.54 Å². The normalized spacial score (nSPS) is 10.3. The van der Waals surface area contributed by atoms with Gasteiger partial charge in [-0.3, -0.25) is 4.79 Å². The monoisotopic (exact) mass is 293 g/mol. The molecule has 118 valence electrons. The van der Waals surface area contributed by atoms with Gasteiger partial charge in [0, 0.05) is 32.7 Å². The van der Waals surface area contributed by atoms with Crippen LogP contribution in [0.1, 0.15) is 32.8 Å². The fraction of sp³-hybridized carbons (Fsp3) is 0.667. The maximum atomic E-state index is 12.0. The molecule has 0 aromatic carbocycles. The maximum Gasteiger partial charge on any atom is 0.241 e. The molecule has 21 heavy (non-hydrogen) atoms. The SMILES string of the molecule is CCCN(CC(=O)N(C)C)c1ncnc(NCC)c1CC. The van der Waals surface area contributed by atoms with Crippen LogP contribution < -0.4 is 10.2 Å². The van der Waals surface area contributed by atoms with Crippen molar-refractivity contribution < 1.29 is 4.79 Å². The van der Waals surface area contributed by atoms with Crippen LogP contribution in [0.2, 0.25) is 0 Å². The van der Waals surface area contributed by atoms with Crippen molar-refractivity contribution >= 4 is 17.5 Å². The highest BCUT2D eigenvalue weighted by Crippen LogP contribution is 2.24. The topological polar surface area (TPSA) is 61.4 Å². The summed E-state index contributed by atoms with van der Waals surface area (Å²) in [5.41, 5.74) is 1.07. The Morgan fingerprint density at radius 2 is 1.95 bits per heavy atom. The van der Waals surface area contributed by atoms with E-state index in [-0.39, 0.29) is 5.91 Å². The summed E-state index contributed by atoms with van der Waals surface area (Å²) >= 11 is 0. The Kier molecular flexibility index (Phi) is 6.91. The first-order valence-corrected chi connectivity index (χ1v) is 7.57. The molecule has 0 aliphatic heterocycles. The summed E-state index contributed by atoms with van der Waals surface area (Å²) in [4.78, 5) is 24.4. The van der Waals surface area contributed by atoms with Crippen LogP contribution in [-0.2, 0) is 11.2 Å². The third-order valence-corrected chi connectivity index (χ3v) is 3.24. The van der Waals surface area contributed by atoms with Crippen LogP contribution in [-0.4, -0.2) is 54.5 Å². The number of aromatic nitrogens is 2. The first-order valence-electron chi connectivity index (χ1n) is 7.57. The van der Waals surface area contributed by atoms with Gasteiger partial charge in [-0.05, 0) is 19.8 Å². The van der Waals surface area contributed by atoms with E-state index in [0.717, 1.165) is 43.1 Å². The Labute approximate surface area is 127 Å². The lowest BCUT2D eigenvalue weighted by Gasteiger charge is -2.26. The van der Waals surface area contributed by atoms with Gasteiger partial charge in [-0.25, -0.2) is 9.97 Å². The Balaban J connectivity index is 3.12. The van der Waals surface area contributed by atoms with Crippen molar-refractivity contribution in [2.75, 3.05) is 43.9 Å². The van der Waals surface area contributed by atoms with Crippen molar-refractivity contribution in [1.29, 1.82) is 0 Å². The van der Waals surface area contributed by atoms with Crippen molar-refractivity contribution in [2.24, 2.45) is 0 Å². The molecule has 0 atom stereocenters. The molecule has 0 saturated heterocycles. The Hall–Kier alpha value is -1.85. The van der Waals surface area contributed by atoms with Gasteiger partial charge < -0.3 is 15.1 Å². The molecule has 1 N–H and O–H groups in total. The van der Waals surface area contributed by atoms with Crippen molar-refractivity contribution in [3.63, 3.8) is 0 Å². The average molecular weight is 293 g/mol. The van der Waals surface area contributed by atoms with Crippen molar-refractivity contribution in [1.82, 2.24) is 14.9 Å². The predicted molar refractivity (Wildman–Crippen MR) is 86.8 cm³/mol. The molecule has 0 aliphatic carbocycles. The van der Waals surface area contributed by atoms with Crippen LogP contribution in [0, 0.1) is 0 Å². The number of carbonyl (C=O) groups excluding carboxylic acids is 1. The summed E-state index contributed by atoms with van der Waals surface area (Å²) in [5, 5.41) is 3.27. The minimum atomic E-state index is 0.0779. The molecular formula is C15H27N5O. The molecule has 6 nitrogen and oxygen atoms in total. The lowest BCUT2D eigenvalue weighted by atomic mass is 10.2. The molecule has 0 saturated carbocycles. The van der Waals surface area contributed by atoms with E-state index < -0.39 is 0 Å². The number of likely N-dealkylation sites (N-methyl/N-ethyl adjacent to an activating group) is 1. The Bertz CT molecular complexity index is 461. The number of nitrogens with zero attached hydrogens (tertiary/aromatic N) is 4. The van der Waals surface area contributed by atoms with Gasteiger partial charge in [0.1, 0.15) is 18.0 Å². The smallest absolute Gasteiger partial charge is 0.241 e. The van der Waals surface area contributed by atoms with E-state index in [1.807, 2.05) is 11.8 Å². The number of rotatable bonds is 8. The van der Waals surface area contributed by atoms with Crippen LogP contribution in [0.5, 0.6) is 0 Å². The number of carbonyl (C=O) groups is 1. The molecule has 1 heterocycles. The van der Waals surface area contributed by atoms with Crippen molar-refractivity contribution in [3.05, 3.63) is 11.9 Å². The zero-order chi connectivity index (χ0) is 15.8. The standard InChI is InChI=1S/C15H27N5O/c1-6-9-20(10-13(21)19(4)5)15-12(7-2)14(16-8-3)17-11-18-15/h11H,6-10H2,1-5H3,(H,16,17,18). The van der Waals surface area contributed by atoms with E-state index in [0.29, 0.717) is 6.54 Å². The molecule has 1 rings (SSSR count). The average Bonchev–Trinajstić information content (AvgIpc) is 2.46. The van der Waals surface area contributed by atoms with Gasteiger partial charge in [0.2, 0.25) is 5.91 Å². The molecule has 1 aromatic rings. The van der Waals surface area contributed by atoms with Crippen LogP contribution in [0.3, 0.4) is 0 Å². The third-order valence-electron chi connectivity index (χ3n) is 3.24. The second-order valence-electron chi connectivity index (χ2n) is 5.12. The second kappa shape index (κ2) is 8.44. The quantitative estimate of drug-likeness (QED) is 0.791. The molecule has 0 bridgehead atoms. The van der Waals surface area contributed by atoms with Gasteiger partial charge in [0.25, 0.3) is 0 Å². The Morgan fingerprint density at radius 1 is 1.24 bits per heavy atom. The zero-order valence-corrected chi connectivity index (χ0v) is 13.8. The molecule has 0 aliphatic rings. The van der Waals surface area contributed by atoms with E-state index in [1.165, 1.54) is 0 Å². The van der Waals surface area contributed by atoms with Gasteiger partial charge >= 0.3 is 0 Å². The molecule has 0 fully saturated rings. The van der Waals surface area contributed by atoms with Gasteiger partial charge in [-0.1, -0.05) is 13.8 Å². The minimum Gasteiger partial charge on any atom is -0.370 e. The fourth-order valence-corrected chi connectivity index (χ4v) is 2.16. The third kappa shape index (κ3) is 4.58. The number of nitrogens with one attached hydrogen (secondary N) is 1. The maximum absolute atomic E-state index is 12.0. The number of amides is 1.